The minimum Gasteiger partial charge on any atom is -0.504 e. The van der Waals surface area contributed by atoms with E-state index in [4.69, 9.17) is 4.74 Å². The maximum absolute atomic E-state index is 12.5. The number of benzene rings is 3. The van der Waals surface area contributed by atoms with Gasteiger partial charge in [0, 0.05) is 16.8 Å². The number of thioether (sulfide) groups is 1. The van der Waals surface area contributed by atoms with Crippen LogP contribution in [0.5, 0.6) is 11.5 Å². The van der Waals surface area contributed by atoms with Gasteiger partial charge in [0.1, 0.15) is 0 Å². The van der Waals surface area contributed by atoms with E-state index in [0.29, 0.717) is 28.9 Å². The van der Waals surface area contributed by atoms with Gasteiger partial charge < -0.3 is 9.84 Å². The summed E-state index contributed by atoms with van der Waals surface area (Å²) in [7, 11) is 0. The lowest BCUT2D eigenvalue weighted by molar-refractivity contribution is -0.118. The number of phenols is 1. The maximum atomic E-state index is 12.5. The van der Waals surface area contributed by atoms with Crippen molar-refractivity contribution >= 4 is 23.9 Å². The Hall–Kier alpha value is -4.11. The number of nitrogens with one attached hydrogen (secondary N) is 1. The smallest absolute Gasteiger partial charge is 0.250 e. The Morgan fingerprint density at radius 3 is 2.44 bits per heavy atom. The number of carbonyl (C=O) groups is 1. The third kappa shape index (κ3) is 5.92. The van der Waals surface area contributed by atoms with E-state index < -0.39 is 0 Å². The predicted octanol–water partition coefficient (Wildman–Crippen LogP) is 4.90. The molecule has 4 aromatic rings. The summed E-state index contributed by atoms with van der Waals surface area (Å²) in [6.45, 7) is 6.33. The summed E-state index contributed by atoms with van der Waals surface area (Å²) in [6, 6.07) is 21.2. The van der Waals surface area contributed by atoms with Crippen LogP contribution in [0.1, 0.15) is 23.6 Å². The fourth-order valence-corrected chi connectivity index (χ4v) is 4.18. The fraction of sp³-hybridized carbons (Fsp3) is 0.185. The monoisotopic (exact) mass is 501 g/mol. The van der Waals surface area contributed by atoms with Crippen molar-refractivity contribution in [3.8, 4) is 28.6 Å². The Balaban J connectivity index is 1.49. The molecule has 0 aliphatic carbocycles. The molecule has 0 fully saturated rings. The first-order valence-electron chi connectivity index (χ1n) is 11.4. The van der Waals surface area contributed by atoms with Crippen molar-refractivity contribution in [3.05, 3.63) is 83.4 Å². The summed E-state index contributed by atoms with van der Waals surface area (Å²) in [4.78, 5) is 12.5. The molecular weight excluding hydrogens is 474 g/mol. The van der Waals surface area contributed by atoms with E-state index in [1.165, 1.54) is 18.0 Å². The number of aryl methyl sites for hydroxylation is 2. The van der Waals surface area contributed by atoms with Crippen molar-refractivity contribution in [2.75, 3.05) is 12.4 Å². The molecule has 0 spiro atoms. The Labute approximate surface area is 214 Å². The number of aromatic nitrogens is 3. The number of para-hydroxylation sites is 1. The highest BCUT2D eigenvalue weighted by Crippen LogP contribution is 2.29. The first kappa shape index (κ1) is 25.0. The average molecular weight is 502 g/mol. The van der Waals surface area contributed by atoms with Gasteiger partial charge in [-0.2, -0.15) is 5.10 Å². The Morgan fingerprint density at radius 2 is 1.75 bits per heavy atom. The first-order chi connectivity index (χ1) is 17.5. The third-order valence-electron chi connectivity index (χ3n) is 5.29. The first-order valence-corrected chi connectivity index (χ1v) is 12.4. The highest BCUT2D eigenvalue weighted by Gasteiger charge is 2.17. The van der Waals surface area contributed by atoms with Crippen molar-refractivity contribution in [1.82, 2.24) is 20.2 Å². The molecular formula is C27H27N5O3S. The number of aromatic hydroxyl groups is 1. The van der Waals surface area contributed by atoms with Crippen LogP contribution in [-0.2, 0) is 4.79 Å². The summed E-state index contributed by atoms with van der Waals surface area (Å²) >= 11 is 1.27. The number of hydrazone groups is 1. The molecule has 3 aromatic carbocycles. The summed E-state index contributed by atoms with van der Waals surface area (Å²) in [6.07, 6.45) is 1.38. The van der Waals surface area contributed by atoms with E-state index in [0.717, 1.165) is 22.4 Å². The quantitative estimate of drug-likeness (QED) is 0.192. The van der Waals surface area contributed by atoms with Crippen molar-refractivity contribution in [2.45, 2.75) is 25.9 Å². The standard InChI is InChI=1S/C27H27N5O3S/c1-4-35-23-7-5-6-21(25(23)34)16-28-29-24(33)17-36-27-31-30-26(20-12-8-18(2)9-13-20)32(27)22-14-10-19(3)11-15-22/h5-16,34H,4,17H2,1-3H3,(H,29,33)/b28-16+. The number of rotatable bonds is 9. The van der Waals surface area contributed by atoms with Gasteiger partial charge in [-0.15, -0.1) is 10.2 Å². The predicted molar refractivity (Wildman–Crippen MR) is 142 cm³/mol. The molecule has 184 valence electrons. The van der Waals surface area contributed by atoms with Crippen LogP contribution in [0.2, 0.25) is 0 Å². The zero-order valence-corrected chi connectivity index (χ0v) is 21.1. The zero-order chi connectivity index (χ0) is 25.5. The van der Waals surface area contributed by atoms with Crippen molar-refractivity contribution in [1.29, 1.82) is 0 Å². The molecule has 0 saturated carbocycles. The topological polar surface area (TPSA) is 102 Å². The molecule has 0 bridgehead atoms. The molecule has 0 radical (unpaired) electrons. The van der Waals surface area contributed by atoms with Gasteiger partial charge >= 0.3 is 0 Å². The number of carbonyl (C=O) groups excluding carboxylic acids is 1. The molecule has 2 N–H and O–H groups in total. The van der Waals surface area contributed by atoms with E-state index in [2.05, 4.69) is 20.7 Å². The minimum absolute atomic E-state index is 0.0263. The normalized spacial score (nSPS) is 11.1. The van der Waals surface area contributed by atoms with E-state index in [1.54, 1.807) is 18.2 Å². The number of amides is 1. The van der Waals surface area contributed by atoms with E-state index in [1.807, 2.05) is 73.9 Å². The fourth-order valence-electron chi connectivity index (χ4n) is 3.43. The van der Waals surface area contributed by atoms with Crippen molar-refractivity contribution < 1.29 is 14.6 Å². The average Bonchev–Trinajstić information content (AvgIpc) is 3.30. The van der Waals surface area contributed by atoms with Crippen LogP contribution >= 0.6 is 11.8 Å². The summed E-state index contributed by atoms with van der Waals surface area (Å²) in [5.74, 6) is 0.807. The number of hydrogen-bond donors (Lipinski definition) is 2. The molecule has 8 nitrogen and oxygen atoms in total. The maximum Gasteiger partial charge on any atom is 0.250 e. The van der Waals surface area contributed by atoms with E-state index in [-0.39, 0.29) is 17.4 Å². The lowest BCUT2D eigenvalue weighted by Crippen LogP contribution is -2.20. The van der Waals surface area contributed by atoms with Crippen molar-refractivity contribution in [3.63, 3.8) is 0 Å². The molecule has 1 amide bonds. The second-order valence-corrected chi connectivity index (χ2v) is 8.99. The molecule has 0 aliphatic heterocycles. The van der Waals surface area contributed by atoms with Gasteiger partial charge in [0.25, 0.3) is 5.91 Å². The van der Waals surface area contributed by atoms with Crippen LogP contribution in [0.3, 0.4) is 0 Å². The third-order valence-corrected chi connectivity index (χ3v) is 6.22. The Morgan fingerprint density at radius 1 is 1.06 bits per heavy atom. The lowest BCUT2D eigenvalue weighted by atomic mass is 10.1. The molecule has 1 aromatic heterocycles. The van der Waals surface area contributed by atoms with Crippen LogP contribution in [0.15, 0.2) is 77.0 Å². The zero-order valence-electron chi connectivity index (χ0n) is 20.3. The summed E-state index contributed by atoms with van der Waals surface area (Å²) in [5.41, 5.74) is 7.08. The Kier molecular flexibility index (Phi) is 8.02. The van der Waals surface area contributed by atoms with Gasteiger partial charge in [-0.05, 0) is 45.0 Å². The number of hydrogen-bond acceptors (Lipinski definition) is 7. The van der Waals surface area contributed by atoms with Gasteiger partial charge in [-0.3, -0.25) is 9.36 Å². The SMILES string of the molecule is CCOc1cccc(/C=N/NC(=O)CSc2nnc(-c3ccc(C)cc3)n2-c2ccc(C)cc2)c1O. The molecule has 0 atom stereocenters. The van der Waals surface area contributed by atoms with Gasteiger partial charge in [-0.1, -0.05) is 65.4 Å². The molecule has 0 unspecified atom stereocenters. The summed E-state index contributed by atoms with van der Waals surface area (Å²) in [5, 5.41) is 23.6. The largest absolute Gasteiger partial charge is 0.504 e. The highest BCUT2D eigenvalue weighted by atomic mass is 32.2. The van der Waals surface area contributed by atoms with Gasteiger partial charge in [0.2, 0.25) is 0 Å². The minimum atomic E-state index is -0.313. The molecule has 0 aliphatic rings. The van der Waals surface area contributed by atoms with Crippen LogP contribution in [-0.4, -0.2) is 44.4 Å². The molecule has 1 heterocycles. The van der Waals surface area contributed by atoms with Crippen LogP contribution in [0, 0.1) is 13.8 Å². The second-order valence-electron chi connectivity index (χ2n) is 8.05. The van der Waals surface area contributed by atoms with Gasteiger partial charge in [-0.25, -0.2) is 5.43 Å². The number of nitrogens with zero attached hydrogens (tertiary/aromatic N) is 4. The molecule has 9 heteroatoms. The molecule has 36 heavy (non-hydrogen) atoms. The lowest BCUT2D eigenvalue weighted by Gasteiger charge is -2.11. The molecule has 4 rings (SSSR count). The van der Waals surface area contributed by atoms with Crippen LogP contribution < -0.4 is 10.2 Å². The van der Waals surface area contributed by atoms with Crippen LogP contribution in [0.4, 0.5) is 0 Å². The van der Waals surface area contributed by atoms with E-state index in [9.17, 15) is 9.90 Å². The molecule has 0 saturated heterocycles. The van der Waals surface area contributed by atoms with Gasteiger partial charge in [0.05, 0.1) is 18.6 Å². The van der Waals surface area contributed by atoms with Crippen LogP contribution in [0.25, 0.3) is 17.1 Å². The summed E-state index contributed by atoms with van der Waals surface area (Å²) < 4.78 is 7.32. The van der Waals surface area contributed by atoms with Crippen molar-refractivity contribution in [2.24, 2.45) is 5.10 Å². The Bertz CT molecular complexity index is 1370. The second kappa shape index (κ2) is 11.5. The number of phenolic OH excluding ortho intramolecular Hbond substituents is 1. The highest BCUT2D eigenvalue weighted by molar-refractivity contribution is 7.99. The van der Waals surface area contributed by atoms with E-state index >= 15 is 0 Å². The van der Waals surface area contributed by atoms with Gasteiger partial charge in [0.15, 0.2) is 22.5 Å². The number of ether oxygens (including phenoxy) is 1.